The molecular formula is C16H21N3O4S. The van der Waals surface area contributed by atoms with Crippen LogP contribution in [0.3, 0.4) is 0 Å². The zero-order chi connectivity index (χ0) is 17.7. The molecule has 2 rings (SSSR count). The van der Waals surface area contributed by atoms with E-state index in [0.29, 0.717) is 19.6 Å². The van der Waals surface area contributed by atoms with Gasteiger partial charge < -0.3 is 4.74 Å². The predicted octanol–water partition coefficient (Wildman–Crippen LogP) is 1.75. The SMILES string of the molecule is CCOC(=O)/C=C/c1ccc2c(nnn2CCCS(C)(=O)=O)c1C. The number of hydrogen-bond donors (Lipinski definition) is 0. The highest BCUT2D eigenvalue weighted by atomic mass is 32.2. The third-order valence-corrected chi connectivity index (χ3v) is 4.58. The molecule has 0 spiro atoms. The highest BCUT2D eigenvalue weighted by Crippen LogP contribution is 2.21. The van der Waals surface area contributed by atoms with Gasteiger partial charge in [-0.1, -0.05) is 11.3 Å². The number of carbonyl (C=O) groups is 1. The molecule has 1 aromatic heterocycles. The lowest BCUT2D eigenvalue weighted by molar-refractivity contribution is -0.137. The van der Waals surface area contributed by atoms with Crippen LogP contribution in [0.5, 0.6) is 0 Å². The number of ether oxygens (including phenoxy) is 1. The maximum absolute atomic E-state index is 11.4. The third-order valence-electron chi connectivity index (χ3n) is 3.55. The van der Waals surface area contributed by atoms with Gasteiger partial charge in [-0.15, -0.1) is 5.10 Å². The van der Waals surface area contributed by atoms with Gasteiger partial charge in [0, 0.05) is 18.9 Å². The van der Waals surface area contributed by atoms with Gasteiger partial charge in [0.15, 0.2) is 0 Å². The molecule has 130 valence electrons. The number of benzene rings is 1. The van der Waals surface area contributed by atoms with Crippen LogP contribution in [0.4, 0.5) is 0 Å². The van der Waals surface area contributed by atoms with Gasteiger partial charge in [0.05, 0.1) is 17.9 Å². The maximum Gasteiger partial charge on any atom is 0.330 e. The molecule has 2 aromatic rings. The minimum absolute atomic E-state index is 0.119. The Hall–Kier alpha value is -2.22. The summed E-state index contributed by atoms with van der Waals surface area (Å²) in [6.45, 7) is 4.48. The molecule has 0 aliphatic rings. The van der Waals surface area contributed by atoms with E-state index in [0.717, 1.165) is 22.2 Å². The monoisotopic (exact) mass is 351 g/mol. The van der Waals surface area contributed by atoms with Crippen LogP contribution in [0.15, 0.2) is 18.2 Å². The molecule has 8 heteroatoms. The van der Waals surface area contributed by atoms with Crippen LogP contribution in [0, 0.1) is 6.92 Å². The van der Waals surface area contributed by atoms with E-state index in [1.165, 1.54) is 12.3 Å². The Morgan fingerprint density at radius 2 is 2.12 bits per heavy atom. The van der Waals surface area contributed by atoms with E-state index in [1.807, 2.05) is 19.1 Å². The summed E-state index contributed by atoms with van der Waals surface area (Å²) in [6, 6.07) is 3.75. The van der Waals surface area contributed by atoms with Crippen molar-refractivity contribution in [3.63, 3.8) is 0 Å². The number of rotatable bonds is 7. The molecule has 1 aromatic carbocycles. The summed E-state index contributed by atoms with van der Waals surface area (Å²) >= 11 is 0. The first-order valence-electron chi connectivity index (χ1n) is 7.67. The van der Waals surface area contributed by atoms with Crippen molar-refractivity contribution in [2.75, 3.05) is 18.6 Å². The summed E-state index contributed by atoms with van der Waals surface area (Å²) in [5.74, 6) is -0.269. The summed E-state index contributed by atoms with van der Waals surface area (Å²) in [7, 11) is -2.98. The van der Waals surface area contributed by atoms with Crippen molar-refractivity contribution in [3.05, 3.63) is 29.3 Å². The Labute approximate surface area is 141 Å². The van der Waals surface area contributed by atoms with Crippen LogP contribution in [0.25, 0.3) is 17.1 Å². The van der Waals surface area contributed by atoms with Crippen molar-refractivity contribution in [1.29, 1.82) is 0 Å². The number of aromatic nitrogens is 3. The summed E-state index contributed by atoms with van der Waals surface area (Å²) in [6.07, 6.45) is 4.78. The fourth-order valence-corrected chi connectivity index (χ4v) is 3.01. The number of aryl methyl sites for hydroxylation is 2. The molecule has 0 N–H and O–H groups in total. The Bertz CT molecular complexity index is 869. The van der Waals surface area contributed by atoms with Crippen molar-refractivity contribution >= 4 is 32.9 Å². The van der Waals surface area contributed by atoms with E-state index in [-0.39, 0.29) is 11.7 Å². The molecule has 0 aliphatic carbocycles. The molecule has 7 nitrogen and oxygen atoms in total. The van der Waals surface area contributed by atoms with Crippen LogP contribution < -0.4 is 0 Å². The van der Waals surface area contributed by atoms with Gasteiger partial charge in [-0.2, -0.15) is 0 Å². The first-order chi connectivity index (χ1) is 11.3. The lowest BCUT2D eigenvalue weighted by atomic mass is 10.1. The van der Waals surface area contributed by atoms with Gasteiger partial charge >= 0.3 is 5.97 Å². The highest BCUT2D eigenvalue weighted by molar-refractivity contribution is 7.90. The van der Waals surface area contributed by atoms with E-state index in [2.05, 4.69) is 10.3 Å². The van der Waals surface area contributed by atoms with Crippen molar-refractivity contribution in [2.45, 2.75) is 26.8 Å². The van der Waals surface area contributed by atoms with Gasteiger partial charge in [0.2, 0.25) is 0 Å². The molecule has 0 atom stereocenters. The number of hydrogen-bond acceptors (Lipinski definition) is 6. The molecule has 0 aliphatic heterocycles. The number of fused-ring (bicyclic) bond motifs is 1. The third kappa shape index (κ3) is 4.64. The average Bonchev–Trinajstić information content (AvgIpc) is 2.90. The number of nitrogens with zero attached hydrogens (tertiary/aromatic N) is 3. The molecule has 0 unspecified atom stereocenters. The van der Waals surface area contributed by atoms with E-state index in [1.54, 1.807) is 17.7 Å². The normalized spacial score (nSPS) is 12.1. The predicted molar refractivity (Wildman–Crippen MR) is 92.3 cm³/mol. The minimum atomic E-state index is -2.98. The van der Waals surface area contributed by atoms with E-state index < -0.39 is 9.84 Å². The van der Waals surface area contributed by atoms with Gasteiger partial charge in [0.25, 0.3) is 0 Å². The van der Waals surface area contributed by atoms with E-state index in [9.17, 15) is 13.2 Å². The first-order valence-corrected chi connectivity index (χ1v) is 9.73. The lowest BCUT2D eigenvalue weighted by Gasteiger charge is -2.04. The second kappa shape index (κ2) is 7.57. The van der Waals surface area contributed by atoms with Crippen LogP contribution in [0.2, 0.25) is 0 Å². The van der Waals surface area contributed by atoms with Gasteiger partial charge in [-0.3, -0.25) is 0 Å². The minimum Gasteiger partial charge on any atom is -0.463 e. The Morgan fingerprint density at radius 1 is 1.38 bits per heavy atom. The second-order valence-corrected chi connectivity index (χ2v) is 7.79. The Kier molecular flexibility index (Phi) is 5.71. The van der Waals surface area contributed by atoms with Crippen LogP contribution >= 0.6 is 0 Å². The molecule has 0 fully saturated rings. The van der Waals surface area contributed by atoms with Crippen LogP contribution in [-0.4, -0.2) is 48.0 Å². The number of esters is 1. The van der Waals surface area contributed by atoms with Gasteiger partial charge in [0.1, 0.15) is 15.4 Å². The standard InChI is InChI=1S/C16H21N3O4S/c1-4-23-15(20)9-7-13-6-8-14-16(12(13)2)17-18-19(14)10-5-11-24(3,21)22/h6-9H,4-5,10-11H2,1-3H3/b9-7+. The molecule has 0 amide bonds. The molecule has 0 bridgehead atoms. The second-order valence-electron chi connectivity index (χ2n) is 5.53. The smallest absolute Gasteiger partial charge is 0.330 e. The maximum atomic E-state index is 11.4. The average molecular weight is 351 g/mol. The van der Waals surface area contributed by atoms with Crippen molar-refractivity contribution < 1.29 is 17.9 Å². The van der Waals surface area contributed by atoms with Crippen molar-refractivity contribution in [1.82, 2.24) is 15.0 Å². The summed E-state index contributed by atoms with van der Waals surface area (Å²) in [5.41, 5.74) is 3.34. The Morgan fingerprint density at radius 3 is 2.79 bits per heavy atom. The summed E-state index contributed by atoms with van der Waals surface area (Å²) in [5, 5.41) is 8.27. The van der Waals surface area contributed by atoms with E-state index in [4.69, 9.17) is 4.74 Å². The molecular weight excluding hydrogens is 330 g/mol. The molecule has 0 saturated carbocycles. The van der Waals surface area contributed by atoms with Crippen molar-refractivity contribution in [3.8, 4) is 0 Å². The fourth-order valence-electron chi connectivity index (χ4n) is 2.35. The van der Waals surface area contributed by atoms with Crippen LogP contribution in [0.1, 0.15) is 24.5 Å². The molecule has 0 radical (unpaired) electrons. The van der Waals surface area contributed by atoms with Gasteiger partial charge in [-0.05, 0) is 43.5 Å². The van der Waals surface area contributed by atoms with E-state index >= 15 is 0 Å². The largest absolute Gasteiger partial charge is 0.463 e. The van der Waals surface area contributed by atoms with Crippen LogP contribution in [-0.2, 0) is 25.9 Å². The Balaban J connectivity index is 2.20. The number of sulfone groups is 1. The summed E-state index contributed by atoms with van der Waals surface area (Å²) < 4.78 is 29.0. The number of carbonyl (C=O) groups excluding carboxylic acids is 1. The summed E-state index contributed by atoms with van der Waals surface area (Å²) in [4.78, 5) is 11.4. The zero-order valence-electron chi connectivity index (χ0n) is 14.0. The van der Waals surface area contributed by atoms with Crippen molar-refractivity contribution in [2.24, 2.45) is 0 Å². The zero-order valence-corrected chi connectivity index (χ0v) is 14.8. The quantitative estimate of drug-likeness (QED) is 0.557. The van der Waals surface area contributed by atoms with Gasteiger partial charge in [-0.25, -0.2) is 17.9 Å². The fraction of sp³-hybridized carbons (Fsp3) is 0.438. The molecule has 1 heterocycles. The topological polar surface area (TPSA) is 91.2 Å². The molecule has 24 heavy (non-hydrogen) atoms. The highest BCUT2D eigenvalue weighted by Gasteiger charge is 2.10. The molecule has 0 saturated heterocycles. The lowest BCUT2D eigenvalue weighted by Crippen LogP contribution is -2.08. The first kappa shape index (κ1) is 18.1.